The van der Waals surface area contributed by atoms with Crippen LogP contribution < -0.4 is 14.8 Å². The third kappa shape index (κ3) is 5.51. The Bertz CT molecular complexity index is 881. The Hall–Kier alpha value is -2.46. The van der Waals surface area contributed by atoms with E-state index < -0.39 is 0 Å². The van der Waals surface area contributed by atoms with Crippen LogP contribution >= 0.6 is 15.9 Å². The minimum atomic E-state index is 0.500. The summed E-state index contributed by atoms with van der Waals surface area (Å²) in [5, 5.41) is 3.46. The highest BCUT2D eigenvalue weighted by Gasteiger charge is 2.13. The topological polar surface area (TPSA) is 30.5 Å². The van der Waals surface area contributed by atoms with E-state index in [1.807, 2.05) is 43.3 Å². The second kappa shape index (κ2) is 9.47. The molecule has 3 rings (SSSR count). The number of rotatable bonds is 8. The largest absolute Gasteiger partial charge is 0.490 e. The van der Waals surface area contributed by atoms with Gasteiger partial charge in [-0.05, 0) is 70.7 Å². The van der Waals surface area contributed by atoms with Gasteiger partial charge in [0.1, 0.15) is 6.61 Å². The van der Waals surface area contributed by atoms with E-state index in [1.54, 1.807) is 0 Å². The quantitative estimate of drug-likeness (QED) is 0.456. The lowest BCUT2D eigenvalue weighted by molar-refractivity contribution is 0.267. The molecule has 1 N–H and O–H groups in total. The number of hydrogen-bond donors (Lipinski definition) is 1. The molecule has 3 aromatic carbocycles. The van der Waals surface area contributed by atoms with Gasteiger partial charge in [0.05, 0.1) is 11.1 Å². The van der Waals surface area contributed by atoms with Crippen LogP contribution in [0, 0.1) is 6.92 Å². The van der Waals surface area contributed by atoms with Crippen molar-refractivity contribution >= 4 is 21.6 Å². The number of anilines is 1. The first-order valence-corrected chi connectivity index (χ1v) is 9.87. The molecule has 0 saturated heterocycles. The van der Waals surface area contributed by atoms with Crippen molar-refractivity contribution in [1.29, 1.82) is 0 Å². The molecule has 140 valence electrons. The summed E-state index contributed by atoms with van der Waals surface area (Å²) in [6.45, 7) is 5.87. The molecule has 3 nitrogen and oxygen atoms in total. The SMILES string of the molecule is CCOc1cc(CNc2cccc(C)c2)cc(Br)c1OCc1ccccc1. The molecule has 0 heterocycles. The zero-order valence-electron chi connectivity index (χ0n) is 15.7. The standard InChI is InChI=1S/C23H24BrNO2/c1-3-26-22-14-19(15-25-20-11-7-8-17(2)12-20)13-21(24)23(22)27-16-18-9-5-4-6-10-18/h4-14,25H,3,15-16H2,1-2H3. The van der Waals surface area contributed by atoms with Crippen molar-refractivity contribution in [3.63, 3.8) is 0 Å². The third-order valence-electron chi connectivity index (χ3n) is 4.11. The maximum Gasteiger partial charge on any atom is 0.175 e. The van der Waals surface area contributed by atoms with E-state index in [2.05, 4.69) is 58.5 Å². The molecule has 4 heteroatoms. The zero-order chi connectivity index (χ0) is 19.1. The second-order valence-corrected chi connectivity index (χ2v) is 7.19. The summed E-state index contributed by atoms with van der Waals surface area (Å²) in [5.41, 5.74) is 4.59. The van der Waals surface area contributed by atoms with Gasteiger partial charge in [-0.15, -0.1) is 0 Å². The van der Waals surface area contributed by atoms with Crippen molar-refractivity contribution in [2.24, 2.45) is 0 Å². The molecule has 0 aliphatic carbocycles. The fraction of sp³-hybridized carbons (Fsp3) is 0.217. The molecule has 0 aliphatic rings. The fourth-order valence-corrected chi connectivity index (χ4v) is 3.42. The smallest absolute Gasteiger partial charge is 0.175 e. The number of aryl methyl sites for hydroxylation is 1. The van der Waals surface area contributed by atoms with Crippen molar-refractivity contribution in [1.82, 2.24) is 0 Å². The lowest BCUT2D eigenvalue weighted by Crippen LogP contribution is -2.04. The predicted molar refractivity (Wildman–Crippen MR) is 115 cm³/mol. The fourth-order valence-electron chi connectivity index (χ4n) is 2.82. The average molecular weight is 426 g/mol. The van der Waals surface area contributed by atoms with Crippen molar-refractivity contribution < 1.29 is 9.47 Å². The van der Waals surface area contributed by atoms with Gasteiger partial charge in [0, 0.05) is 12.2 Å². The highest BCUT2D eigenvalue weighted by Crippen LogP contribution is 2.37. The van der Waals surface area contributed by atoms with Crippen LogP contribution in [0.1, 0.15) is 23.6 Å². The highest BCUT2D eigenvalue weighted by atomic mass is 79.9. The van der Waals surface area contributed by atoms with Crippen LogP contribution in [0.2, 0.25) is 0 Å². The minimum Gasteiger partial charge on any atom is -0.490 e. The molecule has 0 amide bonds. The van der Waals surface area contributed by atoms with Crippen LogP contribution in [0.15, 0.2) is 71.2 Å². The molecule has 0 atom stereocenters. The molecule has 0 aromatic heterocycles. The lowest BCUT2D eigenvalue weighted by atomic mass is 10.1. The van der Waals surface area contributed by atoms with Crippen LogP contribution in [0.3, 0.4) is 0 Å². The number of benzene rings is 3. The Morgan fingerprint density at radius 2 is 1.70 bits per heavy atom. The van der Waals surface area contributed by atoms with Crippen LogP contribution in [0.5, 0.6) is 11.5 Å². The van der Waals surface area contributed by atoms with Gasteiger partial charge < -0.3 is 14.8 Å². The Balaban J connectivity index is 1.74. The number of nitrogens with one attached hydrogen (secondary N) is 1. The number of halogens is 1. The maximum atomic E-state index is 6.05. The van der Waals surface area contributed by atoms with E-state index in [9.17, 15) is 0 Å². The molecule has 0 saturated carbocycles. The van der Waals surface area contributed by atoms with Crippen LogP contribution in [0.25, 0.3) is 0 Å². The summed E-state index contributed by atoms with van der Waals surface area (Å²) < 4.78 is 12.8. The molecule has 0 spiro atoms. The van der Waals surface area contributed by atoms with Gasteiger partial charge in [-0.3, -0.25) is 0 Å². The molecule has 0 fully saturated rings. The molecule has 0 radical (unpaired) electrons. The lowest BCUT2D eigenvalue weighted by Gasteiger charge is -2.16. The van der Waals surface area contributed by atoms with E-state index in [4.69, 9.17) is 9.47 Å². The molecular weight excluding hydrogens is 402 g/mol. The van der Waals surface area contributed by atoms with E-state index in [1.165, 1.54) is 5.56 Å². The van der Waals surface area contributed by atoms with E-state index in [-0.39, 0.29) is 0 Å². The monoisotopic (exact) mass is 425 g/mol. The van der Waals surface area contributed by atoms with E-state index in [0.29, 0.717) is 19.8 Å². The minimum absolute atomic E-state index is 0.500. The van der Waals surface area contributed by atoms with Crippen molar-refractivity contribution in [3.05, 3.63) is 87.9 Å². The summed E-state index contributed by atoms with van der Waals surface area (Å²) >= 11 is 3.65. The van der Waals surface area contributed by atoms with Gasteiger partial charge in [-0.1, -0.05) is 42.5 Å². The molecule has 27 heavy (non-hydrogen) atoms. The molecular formula is C23H24BrNO2. The van der Waals surface area contributed by atoms with Crippen molar-refractivity contribution in [3.8, 4) is 11.5 Å². The average Bonchev–Trinajstić information content (AvgIpc) is 2.67. The summed E-state index contributed by atoms with van der Waals surface area (Å²) in [6.07, 6.45) is 0. The van der Waals surface area contributed by atoms with Gasteiger partial charge in [0.2, 0.25) is 0 Å². The zero-order valence-corrected chi connectivity index (χ0v) is 17.3. The van der Waals surface area contributed by atoms with E-state index in [0.717, 1.165) is 32.8 Å². The summed E-state index contributed by atoms with van der Waals surface area (Å²) in [4.78, 5) is 0. The first kappa shape index (κ1) is 19.3. The number of ether oxygens (including phenoxy) is 2. The maximum absolute atomic E-state index is 6.05. The normalized spacial score (nSPS) is 10.5. The Morgan fingerprint density at radius 1 is 0.889 bits per heavy atom. The highest BCUT2D eigenvalue weighted by molar-refractivity contribution is 9.10. The van der Waals surface area contributed by atoms with Gasteiger partial charge in [0.15, 0.2) is 11.5 Å². The molecule has 0 unspecified atom stereocenters. The van der Waals surface area contributed by atoms with Crippen molar-refractivity contribution in [2.75, 3.05) is 11.9 Å². The van der Waals surface area contributed by atoms with Crippen LogP contribution in [-0.2, 0) is 13.2 Å². The summed E-state index contributed by atoms with van der Waals surface area (Å²) in [5.74, 6) is 1.49. The second-order valence-electron chi connectivity index (χ2n) is 6.34. The first-order valence-electron chi connectivity index (χ1n) is 9.08. The van der Waals surface area contributed by atoms with Crippen molar-refractivity contribution in [2.45, 2.75) is 27.0 Å². The van der Waals surface area contributed by atoms with E-state index >= 15 is 0 Å². The summed E-state index contributed by atoms with van der Waals surface area (Å²) in [7, 11) is 0. The first-order chi connectivity index (χ1) is 13.2. The molecule has 3 aromatic rings. The predicted octanol–water partition coefficient (Wildman–Crippen LogP) is 6.35. The van der Waals surface area contributed by atoms with Crippen LogP contribution in [0.4, 0.5) is 5.69 Å². The van der Waals surface area contributed by atoms with Gasteiger partial charge in [-0.2, -0.15) is 0 Å². The van der Waals surface area contributed by atoms with Gasteiger partial charge in [0.25, 0.3) is 0 Å². The van der Waals surface area contributed by atoms with Crippen LogP contribution in [-0.4, -0.2) is 6.61 Å². The Labute approximate surface area is 169 Å². The third-order valence-corrected chi connectivity index (χ3v) is 4.70. The molecule has 0 bridgehead atoms. The summed E-state index contributed by atoms with van der Waals surface area (Å²) in [6, 6.07) is 22.6. The Kier molecular flexibility index (Phi) is 6.77. The van der Waals surface area contributed by atoms with Gasteiger partial charge >= 0.3 is 0 Å². The molecule has 0 aliphatic heterocycles. The Morgan fingerprint density at radius 3 is 2.44 bits per heavy atom. The van der Waals surface area contributed by atoms with Gasteiger partial charge in [-0.25, -0.2) is 0 Å². The number of hydrogen-bond acceptors (Lipinski definition) is 3.